The number of tetrazole rings is 1. The molecule has 2 rings (SSSR count). The molecule has 18 heavy (non-hydrogen) atoms. The van der Waals surface area contributed by atoms with E-state index in [9.17, 15) is 8.78 Å². The number of ether oxygens (including phenoxy) is 1. The van der Waals surface area contributed by atoms with Crippen molar-refractivity contribution in [3.05, 3.63) is 24.3 Å². The van der Waals surface area contributed by atoms with Gasteiger partial charge >= 0.3 is 0 Å². The van der Waals surface area contributed by atoms with Crippen molar-refractivity contribution in [2.45, 2.75) is 11.6 Å². The summed E-state index contributed by atoms with van der Waals surface area (Å²) in [5.74, 6) is 0.366. The second-order valence-corrected chi connectivity index (χ2v) is 4.26. The number of benzene rings is 1. The van der Waals surface area contributed by atoms with Crippen LogP contribution >= 0.6 is 11.8 Å². The molecule has 0 aliphatic carbocycles. The van der Waals surface area contributed by atoms with Crippen molar-refractivity contribution in [3.8, 4) is 11.4 Å². The normalized spacial score (nSPS) is 10.9. The van der Waals surface area contributed by atoms with Crippen LogP contribution in [0.15, 0.2) is 29.4 Å². The Labute approximate surface area is 106 Å². The maximum Gasteiger partial charge on any atom is 0.248 e. The maximum absolute atomic E-state index is 12.1. The predicted molar refractivity (Wildman–Crippen MR) is 62.4 cm³/mol. The van der Waals surface area contributed by atoms with E-state index in [4.69, 9.17) is 4.74 Å². The fourth-order valence-electron chi connectivity index (χ4n) is 1.29. The quantitative estimate of drug-likeness (QED) is 0.779. The van der Waals surface area contributed by atoms with Crippen molar-refractivity contribution in [1.82, 2.24) is 20.2 Å². The minimum atomic E-state index is -2.39. The Kier molecular flexibility index (Phi) is 4.08. The summed E-state index contributed by atoms with van der Waals surface area (Å²) in [7, 11) is 1.57. The molecule has 0 saturated heterocycles. The first-order chi connectivity index (χ1) is 8.70. The van der Waals surface area contributed by atoms with E-state index in [1.54, 1.807) is 31.4 Å². The van der Waals surface area contributed by atoms with Crippen LogP contribution in [0.4, 0.5) is 8.78 Å². The molecule has 5 nitrogen and oxygen atoms in total. The summed E-state index contributed by atoms with van der Waals surface area (Å²) in [6.07, 6.45) is -2.39. The van der Waals surface area contributed by atoms with Crippen LogP contribution in [-0.2, 0) is 0 Å². The Morgan fingerprint density at radius 3 is 2.67 bits per heavy atom. The summed E-state index contributed by atoms with van der Waals surface area (Å²) in [6.45, 7) is 0. The molecule has 8 heteroatoms. The summed E-state index contributed by atoms with van der Waals surface area (Å²) in [4.78, 5) is 0. The fraction of sp³-hybridized carbons (Fsp3) is 0.300. The first kappa shape index (κ1) is 12.7. The Balaban J connectivity index is 2.19. The molecule has 0 fully saturated rings. The van der Waals surface area contributed by atoms with Crippen molar-refractivity contribution in [1.29, 1.82) is 0 Å². The largest absolute Gasteiger partial charge is 0.497 e. The van der Waals surface area contributed by atoms with Gasteiger partial charge in [0.15, 0.2) is 0 Å². The molecule has 0 aliphatic heterocycles. The first-order valence-electron chi connectivity index (χ1n) is 5.04. The van der Waals surface area contributed by atoms with Gasteiger partial charge in [-0.3, -0.25) is 0 Å². The van der Waals surface area contributed by atoms with Crippen molar-refractivity contribution in [2.75, 3.05) is 12.9 Å². The van der Waals surface area contributed by atoms with Gasteiger partial charge in [0, 0.05) is 0 Å². The number of halogens is 2. The van der Waals surface area contributed by atoms with Crippen molar-refractivity contribution < 1.29 is 13.5 Å². The fourth-order valence-corrected chi connectivity index (χ4v) is 1.93. The molecule has 0 amide bonds. The number of alkyl halides is 2. The minimum Gasteiger partial charge on any atom is -0.497 e. The lowest BCUT2D eigenvalue weighted by atomic mass is 10.3. The second-order valence-electron chi connectivity index (χ2n) is 3.27. The molecule has 0 atom stereocenters. The second kappa shape index (κ2) is 5.76. The van der Waals surface area contributed by atoms with Crippen molar-refractivity contribution in [3.63, 3.8) is 0 Å². The number of aromatic nitrogens is 4. The molecule has 0 unspecified atom stereocenters. The molecule has 1 aromatic heterocycles. The minimum absolute atomic E-state index is 0.334. The Morgan fingerprint density at radius 1 is 1.33 bits per heavy atom. The van der Waals surface area contributed by atoms with Crippen LogP contribution in [0.3, 0.4) is 0 Å². The zero-order valence-electron chi connectivity index (χ0n) is 9.46. The van der Waals surface area contributed by atoms with Crippen LogP contribution in [0, 0.1) is 0 Å². The van der Waals surface area contributed by atoms with E-state index >= 15 is 0 Å². The van der Waals surface area contributed by atoms with E-state index < -0.39 is 6.43 Å². The topological polar surface area (TPSA) is 52.8 Å². The zero-order chi connectivity index (χ0) is 13.0. The molecular weight excluding hydrogens is 262 g/mol. The molecule has 0 N–H and O–H groups in total. The average Bonchev–Trinajstić information content (AvgIpc) is 2.85. The molecule has 0 aliphatic rings. The van der Waals surface area contributed by atoms with Crippen LogP contribution in [0.2, 0.25) is 0 Å². The smallest absolute Gasteiger partial charge is 0.248 e. The van der Waals surface area contributed by atoms with Gasteiger partial charge < -0.3 is 4.74 Å². The number of nitrogens with zero attached hydrogens (tertiary/aromatic N) is 4. The highest BCUT2D eigenvalue weighted by Gasteiger charge is 2.12. The van der Waals surface area contributed by atoms with Gasteiger partial charge in [0.05, 0.1) is 18.6 Å². The molecule has 1 aromatic carbocycles. The first-order valence-corrected chi connectivity index (χ1v) is 6.03. The van der Waals surface area contributed by atoms with Crippen LogP contribution in [0.5, 0.6) is 5.75 Å². The van der Waals surface area contributed by atoms with Gasteiger partial charge in [-0.15, -0.1) is 5.10 Å². The monoisotopic (exact) mass is 272 g/mol. The number of methoxy groups -OCH3 is 1. The van der Waals surface area contributed by atoms with Gasteiger partial charge in [0.25, 0.3) is 0 Å². The van der Waals surface area contributed by atoms with E-state index in [1.807, 2.05) is 0 Å². The summed E-state index contributed by atoms with van der Waals surface area (Å²) in [5, 5.41) is 11.3. The van der Waals surface area contributed by atoms with Gasteiger partial charge in [-0.05, 0) is 34.7 Å². The number of thioether (sulfide) groups is 1. The van der Waals surface area contributed by atoms with Gasteiger partial charge in [0.1, 0.15) is 5.75 Å². The molecule has 0 radical (unpaired) electrons. The third-order valence-corrected chi connectivity index (χ3v) is 3.03. The highest BCUT2D eigenvalue weighted by molar-refractivity contribution is 7.99. The van der Waals surface area contributed by atoms with Gasteiger partial charge in [-0.25, -0.2) is 8.78 Å². The lowest BCUT2D eigenvalue weighted by molar-refractivity contribution is 0.176. The number of hydrogen-bond donors (Lipinski definition) is 0. The average molecular weight is 272 g/mol. The van der Waals surface area contributed by atoms with Crippen molar-refractivity contribution in [2.24, 2.45) is 0 Å². The van der Waals surface area contributed by atoms with Crippen LogP contribution < -0.4 is 4.74 Å². The summed E-state index contributed by atoms with van der Waals surface area (Å²) < 4.78 is 30.7. The van der Waals surface area contributed by atoms with Gasteiger partial charge in [-0.1, -0.05) is 11.8 Å². The van der Waals surface area contributed by atoms with Crippen molar-refractivity contribution >= 4 is 11.8 Å². The van der Waals surface area contributed by atoms with Crippen LogP contribution in [-0.4, -0.2) is 39.5 Å². The Hall–Kier alpha value is -1.70. The van der Waals surface area contributed by atoms with E-state index in [0.717, 1.165) is 11.8 Å². The van der Waals surface area contributed by atoms with E-state index in [-0.39, 0.29) is 5.75 Å². The van der Waals surface area contributed by atoms with E-state index in [0.29, 0.717) is 16.6 Å². The van der Waals surface area contributed by atoms with Crippen LogP contribution in [0.1, 0.15) is 0 Å². The summed E-state index contributed by atoms with van der Waals surface area (Å²) in [6, 6.07) is 7.00. The highest BCUT2D eigenvalue weighted by Crippen LogP contribution is 2.21. The third-order valence-electron chi connectivity index (χ3n) is 2.10. The Bertz CT molecular complexity index is 503. The van der Waals surface area contributed by atoms with Gasteiger partial charge in [0.2, 0.25) is 11.6 Å². The highest BCUT2D eigenvalue weighted by atomic mass is 32.2. The van der Waals surface area contributed by atoms with Gasteiger partial charge in [-0.2, -0.15) is 4.68 Å². The molecule has 1 heterocycles. The van der Waals surface area contributed by atoms with E-state index in [1.165, 1.54) is 4.68 Å². The SMILES string of the molecule is COc1ccc(-n2nnnc2SCC(F)F)cc1. The molecule has 96 valence electrons. The molecule has 0 spiro atoms. The lowest BCUT2D eigenvalue weighted by Gasteiger charge is -2.05. The van der Waals surface area contributed by atoms with E-state index in [2.05, 4.69) is 15.5 Å². The molecule has 0 saturated carbocycles. The van der Waals surface area contributed by atoms with Crippen LogP contribution in [0.25, 0.3) is 5.69 Å². The lowest BCUT2D eigenvalue weighted by Crippen LogP contribution is -2.01. The summed E-state index contributed by atoms with van der Waals surface area (Å²) in [5.41, 5.74) is 0.692. The molecular formula is C10H10F2N4OS. The maximum atomic E-state index is 12.1. The summed E-state index contributed by atoms with van der Waals surface area (Å²) >= 11 is 0.912. The zero-order valence-corrected chi connectivity index (χ0v) is 10.3. The standard InChI is InChI=1S/C10H10F2N4OS/c1-17-8-4-2-7(3-5-8)16-10(13-14-15-16)18-6-9(11)12/h2-5,9H,6H2,1H3. The Morgan fingerprint density at radius 2 is 2.06 bits per heavy atom. The number of hydrogen-bond acceptors (Lipinski definition) is 5. The predicted octanol–water partition coefficient (Wildman–Crippen LogP) is 2.03. The third kappa shape index (κ3) is 2.95. The molecule has 2 aromatic rings. The number of rotatable bonds is 5. The molecule has 0 bridgehead atoms.